The maximum absolute atomic E-state index is 11.1. The zero-order valence-electron chi connectivity index (χ0n) is 7.25. The van der Waals surface area contributed by atoms with Crippen LogP contribution in [0.2, 0.25) is 0 Å². The van der Waals surface area contributed by atoms with E-state index in [1.807, 2.05) is 0 Å². The van der Waals surface area contributed by atoms with Crippen molar-refractivity contribution in [2.75, 3.05) is 25.4 Å². The molecule has 0 aromatic rings. The maximum Gasteiger partial charge on any atom is 0.323 e. The Labute approximate surface area is 78.2 Å². The Bertz CT molecular complexity index is 133. The van der Waals surface area contributed by atoms with Gasteiger partial charge in [-0.1, -0.05) is 0 Å². The van der Waals surface area contributed by atoms with Gasteiger partial charge in [0.05, 0.1) is 6.61 Å². The molecule has 0 aromatic carbocycles. The Morgan fingerprint density at radius 1 is 1.75 bits per heavy atom. The third-order valence-electron chi connectivity index (χ3n) is 1.29. The lowest BCUT2D eigenvalue weighted by atomic mass is 10.3. The summed E-state index contributed by atoms with van der Waals surface area (Å²) >= 11 is 4.02. The second kappa shape index (κ2) is 7.39. The SMILES string of the molecule is CCOC(=O)[C@@H](CS)NCCN. The smallest absolute Gasteiger partial charge is 0.323 e. The number of nitrogens with two attached hydrogens (primary N) is 1. The van der Waals surface area contributed by atoms with Gasteiger partial charge in [-0.05, 0) is 6.92 Å². The van der Waals surface area contributed by atoms with Gasteiger partial charge < -0.3 is 15.8 Å². The van der Waals surface area contributed by atoms with Gasteiger partial charge in [0.15, 0.2) is 0 Å². The van der Waals surface area contributed by atoms with E-state index in [0.29, 0.717) is 25.4 Å². The quantitative estimate of drug-likeness (QED) is 0.388. The molecule has 0 unspecified atom stereocenters. The minimum atomic E-state index is -0.336. The van der Waals surface area contributed by atoms with Crippen molar-refractivity contribution in [1.29, 1.82) is 0 Å². The van der Waals surface area contributed by atoms with E-state index >= 15 is 0 Å². The van der Waals surface area contributed by atoms with Gasteiger partial charge in [0.1, 0.15) is 6.04 Å². The van der Waals surface area contributed by atoms with E-state index in [1.54, 1.807) is 6.92 Å². The number of nitrogens with one attached hydrogen (secondary N) is 1. The fraction of sp³-hybridized carbons (Fsp3) is 0.857. The van der Waals surface area contributed by atoms with Crippen molar-refractivity contribution in [2.45, 2.75) is 13.0 Å². The molecule has 3 N–H and O–H groups in total. The second-order valence-corrected chi connectivity index (χ2v) is 2.60. The van der Waals surface area contributed by atoms with Crippen LogP contribution in [0, 0.1) is 0 Å². The summed E-state index contributed by atoms with van der Waals surface area (Å²) in [5, 5.41) is 2.93. The van der Waals surface area contributed by atoms with E-state index in [1.165, 1.54) is 0 Å². The molecule has 0 saturated carbocycles. The molecule has 12 heavy (non-hydrogen) atoms. The number of esters is 1. The fourth-order valence-corrected chi connectivity index (χ4v) is 1.00. The van der Waals surface area contributed by atoms with Crippen molar-refractivity contribution in [3.8, 4) is 0 Å². The third kappa shape index (κ3) is 4.58. The summed E-state index contributed by atoms with van der Waals surface area (Å²) < 4.78 is 4.80. The fourth-order valence-electron chi connectivity index (χ4n) is 0.723. The van der Waals surface area contributed by atoms with Gasteiger partial charge in [0, 0.05) is 18.8 Å². The van der Waals surface area contributed by atoms with Gasteiger partial charge in [-0.15, -0.1) is 0 Å². The predicted molar refractivity (Wildman–Crippen MR) is 51.3 cm³/mol. The van der Waals surface area contributed by atoms with E-state index in [-0.39, 0.29) is 12.0 Å². The van der Waals surface area contributed by atoms with Crippen molar-refractivity contribution in [2.24, 2.45) is 5.73 Å². The number of hydrogen-bond acceptors (Lipinski definition) is 5. The summed E-state index contributed by atoms with van der Waals surface area (Å²) in [4.78, 5) is 11.1. The number of thiol groups is 1. The number of carbonyl (C=O) groups excluding carboxylic acids is 1. The summed E-state index contributed by atoms with van der Waals surface area (Å²) in [5.41, 5.74) is 5.27. The van der Waals surface area contributed by atoms with Gasteiger partial charge in [-0.2, -0.15) is 12.6 Å². The number of carbonyl (C=O) groups is 1. The molecule has 0 amide bonds. The van der Waals surface area contributed by atoms with Crippen LogP contribution in [0.1, 0.15) is 6.92 Å². The summed E-state index contributed by atoms with van der Waals surface area (Å²) in [6.07, 6.45) is 0. The Morgan fingerprint density at radius 2 is 2.42 bits per heavy atom. The summed E-state index contributed by atoms with van der Waals surface area (Å²) in [7, 11) is 0. The van der Waals surface area contributed by atoms with Gasteiger partial charge in [0.25, 0.3) is 0 Å². The van der Waals surface area contributed by atoms with Crippen LogP contribution in [0.4, 0.5) is 0 Å². The van der Waals surface area contributed by atoms with Crippen molar-refractivity contribution < 1.29 is 9.53 Å². The van der Waals surface area contributed by atoms with Gasteiger partial charge >= 0.3 is 5.97 Å². The first-order chi connectivity index (χ1) is 5.76. The standard InChI is InChI=1S/C7H16N2O2S/c1-2-11-7(10)6(5-12)9-4-3-8/h6,9,12H,2-5,8H2,1H3/t6-/m1/s1. The number of hydrogen-bond donors (Lipinski definition) is 3. The van der Waals surface area contributed by atoms with Crippen LogP contribution in [-0.4, -0.2) is 37.5 Å². The summed E-state index contributed by atoms with van der Waals surface area (Å²) in [6, 6.07) is -0.336. The predicted octanol–water partition coefficient (Wildman–Crippen LogP) is -0.604. The molecule has 0 fully saturated rings. The first-order valence-corrected chi connectivity index (χ1v) is 4.60. The van der Waals surface area contributed by atoms with E-state index in [2.05, 4.69) is 17.9 Å². The van der Waals surface area contributed by atoms with Crippen LogP contribution in [0.5, 0.6) is 0 Å². The number of ether oxygens (including phenoxy) is 1. The van der Waals surface area contributed by atoms with Gasteiger partial charge in [-0.25, -0.2) is 0 Å². The lowest BCUT2D eigenvalue weighted by Crippen LogP contribution is -2.41. The van der Waals surface area contributed by atoms with Crippen LogP contribution in [0.3, 0.4) is 0 Å². The monoisotopic (exact) mass is 192 g/mol. The molecule has 5 heteroatoms. The molecule has 0 spiro atoms. The van der Waals surface area contributed by atoms with Crippen molar-refractivity contribution in [3.05, 3.63) is 0 Å². The topological polar surface area (TPSA) is 64.3 Å². The third-order valence-corrected chi connectivity index (χ3v) is 1.65. The minimum absolute atomic E-state index is 0.263. The van der Waals surface area contributed by atoms with Crippen LogP contribution in [-0.2, 0) is 9.53 Å². The van der Waals surface area contributed by atoms with E-state index < -0.39 is 0 Å². The lowest BCUT2D eigenvalue weighted by molar-refractivity contribution is -0.144. The first kappa shape index (κ1) is 11.7. The first-order valence-electron chi connectivity index (χ1n) is 3.97. The Morgan fingerprint density at radius 3 is 2.83 bits per heavy atom. The molecule has 1 atom stereocenters. The molecule has 72 valence electrons. The lowest BCUT2D eigenvalue weighted by Gasteiger charge is -2.13. The molecule has 0 bridgehead atoms. The summed E-state index contributed by atoms with van der Waals surface area (Å²) in [5.74, 6) is 0.166. The van der Waals surface area contributed by atoms with Crippen molar-refractivity contribution in [1.82, 2.24) is 5.32 Å². The highest BCUT2D eigenvalue weighted by Gasteiger charge is 2.15. The molecule has 0 aromatic heterocycles. The molecule has 0 radical (unpaired) electrons. The summed E-state index contributed by atoms with van der Waals surface area (Å²) in [6.45, 7) is 3.28. The van der Waals surface area contributed by atoms with E-state index in [9.17, 15) is 4.79 Å². The molecule has 0 aliphatic heterocycles. The van der Waals surface area contributed by atoms with E-state index in [4.69, 9.17) is 10.5 Å². The van der Waals surface area contributed by atoms with Crippen molar-refractivity contribution in [3.63, 3.8) is 0 Å². The largest absolute Gasteiger partial charge is 0.465 e. The molecular formula is C7H16N2O2S. The molecule has 0 rings (SSSR count). The highest BCUT2D eigenvalue weighted by atomic mass is 32.1. The molecule has 4 nitrogen and oxygen atoms in total. The molecule has 0 heterocycles. The molecular weight excluding hydrogens is 176 g/mol. The highest BCUT2D eigenvalue weighted by Crippen LogP contribution is 1.91. The van der Waals surface area contributed by atoms with Crippen LogP contribution < -0.4 is 11.1 Å². The average molecular weight is 192 g/mol. The van der Waals surface area contributed by atoms with Gasteiger partial charge in [-0.3, -0.25) is 4.79 Å². The van der Waals surface area contributed by atoms with E-state index in [0.717, 1.165) is 0 Å². The second-order valence-electron chi connectivity index (χ2n) is 2.23. The zero-order chi connectivity index (χ0) is 9.40. The van der Waals surface area contributed by atoms with Crippen LogP contribution >= 0.6 is 12.6 Å². The minimum Gasteiger partial charge on any atom is -0.465 e. The van der Waals surface area contributed by atoms with Crippen molar-refractivity contribution >= 4 is 18.6 Å². The molecule has 0 aliphatic carbocycles. The van der Waals surface area contributed by atoms with Crippen LogP contribution in [0.25, 0.3) is 0 Å². The molecule has 0 saturated heterocycles. The number of rotatable bonds is 6. The average Bonchev–Trinajstić information content (AvgIpc) is 2.06. The Kier molecular flexibility index (Phi) is 7.23. The normalized spacial score (nSPS) is 12.6. The van der Waals surface area contributed by atoms with Crippen LogP contribution in [0.15, 0.2) is 0 Å². The zero-order valence-corrected chi connectivity index (χ0v) is 8.14. The Balaban J connectivity index is 3.71. The maximum atomic E-state index is 11.1. The Hall–Kier alpha value is -0.260. The highest BCUT2D eigenvalue weighted by molar-refractivity contribution is 7.80. The molecule has 0 aliphatic rings. The van der Waals surface area contributed by atoms with Gasteiger partial charge in [0.2, 0.25) is 0 Å².